The molecule has 78 valence electrons. The van der Waals surface area contributed by atoms with Gasteiger partial charge in [-0.2, -0.15) is 11.8 Å². The van der Waals surface area contributed by atoms with Gasteiger partial charge in [-0.3, -0.25) is 0 Å². The van der Waals surface area contributed by atoms with Gasteiger partial charge in [0, 0.05) is 10.8 Å². The van der Waals surface area contributed by atoms with Gasteiger partial charge >= 0.3 is 6.98 Å². The minimum absolute atomic E-state index is 0.306. The highest BCUT2D eigenvalue weighted by molar-refractivity contribution is 7.99. The molecule has 1 aromatic rings. The van der Waals surface area contributed by atoms with Gasteiger partial charge in [-0.1, -0.05) is 29.8 Å². The van der Waals surface area contributed by atoms with Crippen LogP contribution in [0.2, 0.25) is 5.02 Å². The average molecular weight is 239 g/mol. The van der Waals surface area contributed by atoms with Crippen LogP contribution in [0.25, 0.3) is 0 Å². The quantitative estimate of drug-likeness (QED) is 0.717. The van der Waals surface area contributed by atoms with Crippen molar-refractivity contribution >= 4 is 30.3 Å². The molecule has 0 amide bonds. The molecule has 14 heavy (non-hydrogen) atoms. The van der Waals surface area contributed by atoms with E-state index in [1.165, 1.54) is 0 Å². The third-order valence-corrected chi connectivity index (χ3v) is 3.02. The standard InChI is InChI=1S/C8H8BClF3S/c10-8-4-2-1-3-7(8)5-14-6-9(11,12)13/h1-4H,5-6H2/q-1. The summed E-state index contributed by atoms with van der Waals surface area (Å²) in [7, 11) is 0. The van der Waals surface area contributed by atoms with Gasteiger partial charge < -0.3 is 12.9 Å². The predicted molar refractivity (Wildman–Crippen MR) is 56.7 cm³/mol. The van der Waals surface area contributed by atoms with E-state index < -0.39 is 12.6 Å². The van der Waals surface area contributed by atoms with Crippen LogP contribution in [0.4, 0.5) is 12.9 Å². The van der Waals surface area contributed by atoms with Gasteiger partial charge in [-0.15, -0.1) is 0 Å². The van der Waals surface area contributed by atoms with Gasteiger partial charge in [-0.25, -0.2) is 0 Å². The van der Waals surface area contributed by atoms with E-state index in [4.69, 9.17) is 11.6 Å². The number of thioether (sulfide) groups is 1. The smallest absolute Gasteiger partial charge is 0.448 e. The minimum Gasteiger partial charge on any atom is -0.448 e. The maximum atomic E-state index is 11.9. The Morgan fingerprint density at radius 2 is 1.86 bits per heavy atom. The Bertz CT molecular complexity index is 303. The molecule has 0 saturated carbocycles. The summed E-state index contributed by atoms with van der Waals surface area (Å²) in [6, 6.07) is 6.93. The Balaban J connectivity index is 2.43. The Morgan fingerprint density at radius 1 is 1.21 bits per heavy atom. The van der Waals surface area contributed by atoms with Crippen LogP contribution in [0, 0.1) is 0 Å². The van der Waals surface area contributed by atoms with E-state index >= 15 is 0 Å². The van der Waals surface area contributed by atoms with Crippen LogP contribution >= 0.6 is 23.4 Å². The SMILES string of the molecule is F[B-](F)(F)CSCc1ccccc1Cl. The summed E-state index contributed by atoms with van der Waals surface area (Å²) in [5.41, 5.74) is -0.0233. The first-order valence-electron chi connectivity index (χ1n) is 4.01. The molecule has 0 N–H and O–H groups in total. The van der Waals surface area contributed by atoms with Crippen LogP contribution in [0.1, 0.15) is 5.56 Å². The Hall–Kier alpha value is -0.285. The van der Waals surface area contributed by atoms with Crippen LogP contribution in [-0.4, -0.2) is 12.6 Å². The maximum absolute atomic E-state index is 11.9. The summed E-state index contributed by atoms with van der Waals surface area (Å²) in [4.78, 5) is 0. The molecule has 0 aliphatic carbocycles. The van der Waals surface area contributed by atoms with Crippen molar-refractivity contribution in [3.05, 3.63) is 34.9 Å². The lowest BCUT2D eigenvalue weighted by molar-refractivity contribution is 0.485. The summed E-state index contributed by atoms with van der Waals surface area (Å²) < 4.78 is 35.6. The third kappa shape index (κ3) is 4.29. The van der Waals surface area contributed by atoms with Gasteiger partial charge in [0.05, 0.1) is 0 Å². The molecule has 0 radical (unpaired) electrons. The topological polar surface area (TPSA) is 0 Å². The second-order valence-electron chi connectivity index (χ2n) is 2.82. The van der Waals surface area contributed by atoms with Crippen LogP contribution in [0.3, 0.4) is 0 Å². The van der Waals surface area contributed by atoms with E-state index in [2.05, 4.69) is 0 Å². The van der Waals surface area contributed by atoms with Crippen LogP contribution in [-0.2, 0) is 5.75 Å². The molecule has 1 rings (SSSR count). The van der Waals surface area contributed by atoms with E-state index in [1.54, 1.807) is 24.3 Å². The van der Waals surface area contributed by atoms with E-state index in [9.17, 15) is 12.9 Å². The van der Waals surface area contributed by atoms with E-state index in [0.29, 0.717) is 10.8 Å². The fraction of sp³-hybridized carbons (Fsp3) is 0.250. The van der Waals surface area contributed by atoms with E-state index in [-0.39, 0.29) is 0 Å². The molecule has 0 aliphatic heterocycles. The molecule has 0 atom stereocenters. The van der Waals surface area contributed by atoms with E-state index in [0.717, 1.165) is 17.3 Å². The summed E-state index contributed by atoms with van der Waals surface area (Å²) in [5, 5.41) is 0.523. The van der Waals surface area contributed by atoms with E-state index in [1.807, 2.05) is 0 Å². The Kier molecular flexibility index (Phi) is 4.19. The molecule has 6 heteroatoms. The molecule has 1 aromatic carbocycles. The first-order valence-corrected chi connectivity index (χ1v) is 5.54. The molecule has 0 saturated heterocycles. The number of hydrogen-bond donors (Lipinski definition) is 0. The maximum Gasteiger partial charge on any atom is 0.488 e. The number of hydrogen-bond acceptors (Lipinski definition) is 1. The highest BCUT2D eigenvalue weighted by Crippen LogP contribution is 2.23. The van der Waals surface area contributed by atoms with Crippen LogP contribution in [0.5, 0.6) is 0 Å². The highest BCUT2D eigenvalue weighted by Gasteiger charge is 2.22. The summed E-state index contributed by atoms with van der Waals surface area (Å²) >= 11 is 6.63. The molecule has 0 fully saturated rings. The highest BCUT2D eigenvalue weighted by atomic mass is 35.5. The minimum atomic E-state index is -4.69. The zero-order valence-electron chi connectivity index (χ0n) is 7.22. The van der Waals surface area contributed by atoms with Crippen molar-refractivity contribution in [2.45, 2.75) is 5.75 Å². The van der Waals surface area contributed by atoms with Gasteiger partial charge in [0.15, 0.2) is 0 Å². The molecule has 0 heterocycles. The fourth-order valence-corrected chi connectivity index (χ4v) is 2.06. The largest absolute Gasteiger partial charge is 0.488 e. The normalized spacial score (nSPS) is 11.7. The second-order valence-corrected chi connectivity index (χ2v) is 4.25. The van der Waals surface area contributed by atoms with Crippen LogP contribution < -0.4 is 0 Å². The molecule has 0 spiro atoms. The first-order chi connectivity index (χ1) is 6.49. The molecular formula is C8H8BClF3S-. The lowest BCUT2D eigenvalue weighted by Crippen LogP contribution is -2.19. The summed E-state index contributed by atoms with van der Waals surface area (Å²) in [5.74, 6) is 0.306. The van der Waals surface area contributed by atoms with Gasteiger partial charge in [0.25, 0.3) is 0 Å². The lowest BCUT2D eigenvalue weighted by Gasteiger charge is -2.12. The van der Waals surface area contributed by atoms with Crippen molar-refractivity contribution in [3.8, 4) is 0 Å². The van der Waals surface area contributed by atoms with Crippen LogP contribution in [0.15, 0.2) is 24.3 Å². The summed E-state index contributed by atoms with van der Waals surface area (Å²) in [6.07, 6.45) is 0. The lowest BCUT2D eigenvalue weighted by atomic mass is 9.98. The predicted octanol–water partition coefficient (Wildman–Crippen LogP) is 3.96. The van der Waals surface area contributed by atoms with Crippen molar-refractivity contribution in [1.29, 1.82) is 0 Å². The molecule has 0 aliphatic rings. The van der Waals surface area contributed by atoms with Crippen molar-refractivity contribution in [2.24, 2.45) is 0 Å². The summed E-state index contributed by atoms with van der Waals surface area (Å²) in [6.45, 7) is -4.69. The van der Waals surface area contributed by atoms with Crippen molar-refractivity contribution in [2.75, 3.05) is 5.65 Å². The third-order valence-electron chi connectivity index (χ3n) is 1.52. The van der Waals surface area contributed by atoms with Gasteiger partial charge in [0.1, 0.15) is 0 Å². The zero-order valence-corrected chi connectivity index (χ0v) is 8.79. The number of halogens is 4. The Morgan fingerprint density at radius 3 is 2.43 bits per heavy atom. The molecule has 0 unspecified atom stereocenters. The van der Waals surface area contributed by atoms with Crippen molar-refractivity contribution < 1.29 is 12.9 Å². The molecule has 0 nitrogen and oxygen atoms in total. The average Bonchev–Trinajstić information content (AvgIpc) is 2.06. The first kappa shape index (κ1) is 11.8. The molecular weight excluding hydrogens is 231 g/mol. The van der Waals surface area contributed by atoms with Gasteiger partial charge in [-0.05, 0) is 17.3 Å². The molecule has 0 bridgehead atoms. The van der Waals surface area contributed by atoms with Gasteiger partial charge in [0.2, 0.25) is 0 Å². The Labute approximate surface area is 89.9 Å². The molecule has 0 aromatic heterocycles. The zero-order chi connectivity index (χ0) is 10.6. The van der Waals surface area contributed by atoms with Crippen molar-refractivity contribution in [3.63, 3.8) is 0 Å². The van der Waals surface area contributed by atoms with Crippen molar-refractivity contribution in [1.82, 2.24) is 0 Å². The monoisotopic (exact) mass is 239 g/mol. The fourth-order valence-electron chi connectivity index (χ4n) is 0.918. The second kappa shape index (κ2) is 4.98. The number of rotatable bonds is 4. The number of benzene rings is 1.